The molecule has 0 aromatic carbocycles. The topological polar surface area (TPSA) is 27.1 Å². The van der Waals surface area contributed by atoms with Gasteiger partial charge in [0.2, 0.25) is 0 Å². The van der Waals surface area contributed by atoms with Gasteiger partial charge in [0.05, 0.1) is 6.20 Å². The molecule has 0 spiro atoms. The van der Waals surface area contributed by atoms with Gasteiger partial charge in [0.15, 0.2) is 0 Å². The number of aryl methyl sites for hydroxylation is 1. The van der Waals surface area contributed by atoms with E-state index in [9.17, 15) is 0 Å². The minimum atomic E-state index is 0.200. The highest BCUT2D eigenvalue weighted by atomic mass is 16.5. The predicted molar refractivity (Wildman–Crippen MR) is 50.4 cm³/mol. The highest BCUT2D eigenvalue weighted by Gasteiger charge is 2.17. The van der Waals surface area contributed by atoms with Crippen molar-refractivity contribution in [2.24, 2.45) is 0 Å². The zero-order valence-corrected chi connectivity index (χ0v) is 8.07. The van der Waals surface area contributed by atoms with Gasteiger partial charge in [0, 0.05) is 12.8 Å². The van der Waals surface area contributed by atoms with Gasteiger partial charge in [-0.05, 0) is 24.8 Å². The number of hydrogen-bond acceptors (Lipinski definition) is 2. The van der Waals surface area contributed by atoms with Crippen LogP contribution >= 0.6 is 0 Å². The molecular weight excluding hydrogens is 164 g/mol. The Morgan fingerprint density at radius 3 is 3.31 bits per heavy atom. The van der Waals surface area contributed by atoms with E-state index >= 15 is 0 Å². The average Bonchev–Trinajstić information content (AvgIpc) is 2.70. The van der Waals surface area contributed by atoms with Crippen molar-refractivity contribution in [3.05, 3.63) is 18.0 Å². The third-order valence-corrected chi connectivity index (χ3v) is 2.39. The molecule has 0 bridgehead atoms. The lowest BCUT2D eigenvalue weighted by Gasteiger charge is -2.08. The SMILES string of the molecule is CCCc1cnn(C2CCCO2)c1. The second kappa shape index (κ2) is 3.92. The molecule has 1 atom stereocenters. The van der Waals surface area contributed by atoms with Gasteiger partial charge in [-0.2, -0.15) is 5.10 Å². The minimum absolute atomic E-state index is 0.200. The lowest BCUT2D eigenvalue weighted by Crippen LogP contribution is -2.06. The van der Waals surface area contributed by atoms with E-state index in [-0.39, 0.29) is 6.23 Å². The number of aromatic nitrogens is 2. The number of nitrogens with zero attached hydrogens (tertiary/aromatic N) is 2. The highest BCUT2D eigenvalue weighted by Crippen LogP contribution is 2.22. The van der Waals surface area contributed by atoms with Crippen molar-refractivity contribution in [1.29, 1.82) is 0 Å². The molecule has 2 rings (SSSR count). The molecule has 0 saturated carbocycles. The van der Waals surface area contributed by atoms with Gasteiger partial charge in [-0.3, -0.25) is 0 Å². The Balaban J connectivity index is 2.03. The van der Waals surface area contributed by atoms with Crippen molar-refractivity contribution < 1.29 is 4.74 Å². The fourth-order valence-corrected chi connectivity index (χ4v) is 1.72. The maximum Gasteiger partial charge on any atom is 0.150 e. The zero-order chi connectivity index (χ0) is 9.10. The van der Waals surface area contributed by atoms with Crippen LogP contribution in [0.2, 0.25) is 0 Å². The second-order valence-corrected chi connectivity index (χ2v) is 3.55. The van der Waals surface area contributed by atoms with E-state index in [0.29, 0.717) is 0 Å². The second-order valence-electron chi connectivity index (χ2n) is 3.55. The van der Waals surface area contributed by atoms with Gasteiger partial charge >= 0.3 is 0 Å². The highest BCUT2D eigenvalue weighted by molar-refractivity contribution is 5.04. The molecule has 1 aromatic rings. The largest absolute Gasteiger partial charge is 0.357 e. The Morgan fingerprint density at radius 1 is 1.69 bits per heavy atom. The van der Waals surface area contributed by atoms with E-state index in [1.807, 2.05) is 10.9 Å². The summed E-state index contributed by atoms with van der Waals surface area (Å²) in [6.45, 7) is 3.07. The van der Waals surface area contributed by atoms with E-state index < -0.39 is 0 Å². The van der Waals surface area contributed by atoms with Crippen LogP contribution in [0.5, 0.6) is 0 Å². The van der Waals surface area contributed by atoms with Crippen LogP contribution < -0.4 is 0 Å². The first-order chi connectivity index (χ1) is 6.40. The fraction of sp³-hybridized carbons (Fsp3) is 0.700. The summed E-state index contributed by atoms with van der Waals surface area (Å²) in [5, 5.41) is 4.31. The quantitative estimate of drug-likeness (QED) is 0.712. The molecule has 3 heteroatoms. The van der Waals surface area contributed by atoms with E-state index in [0.717, 1.165) is 25.9 Å². The summed E-state index contributed by atoms with van der Waals surface area (Å²) >= 11 is 0. The fourth-order valence-electron chi connectivity index (χ4n) is 1.72. The molecule has 0 N–H and O–H groups in total. The third-order valence-electron chi connectivity index (χ3n) is 2.39. The Kier molecular flexibility index (Phi) is 2.64. The molecule has 0 amide bonds. The van der Waals surface area contributed by atoms with Crippen LogP contribution in [0.4, 0.5) is 0 Å². The van der Waals surface area contributed by atoms with Gasteiger partial charge in [0.25, 0.3) is 0 Å². The first kappa shape index (κ1) is 8.75. The molecule has 1 aromatic heterocycles. The standard InChI is InChI=1S/C10H16N2O/c1-2-4-9-7-11-12(8-9)10-5-3-6-13-10/h7-8,10H,2-6H2,1H3. The smallest absolute Gasteiger partial charge is 0.150 e. The molecule has 1 fully saturated rings. The van der Waals surface area contributed by atoms with E-state index in [4.69, 9.17) is 4.74 Å². The number of rotatable bonds is 3. The van der Waals surface area contributed by atoms with Gasteiger partial charge in [-0.15, -0.1) is 0 Å². The summed E-state index contributed by atoms with van der Waals surface area (Å²) in [5.74, 6) is 0. The Bertz CT molecular complexity index is 264. The molecule has 13 heavy (non-hydrogen) atoms. The van der Waals surface area contributed by atoms with Crippen molar-refractivity contribution in [2.45, 2.75) is 38.8 Å². The predicted octanol–water partition coefficient (Wildman–Crippen LogP) is 2.14. The van der Waals surface area contributed by atoms with Crippen LogP contribution in [0.3, 0.4) is 0 Å². The van der Waals surface area contributed by atoms with Crippen LogP contribution in [0.1, 0.15) is 38.0 Å². The first-order valence-corrected chi connectivity index (χ1v) is 5.05. The Morgan fingerprint density at radius 2 is 2.62 bits per heavy atom. The maximum atomic E-state index is 5.53. The molecule has 3 nitrogen and oxygen atoms in total. The van der Waals surface area contributed by atoms with Crippen LogP contribution in [0.25, 0.3) is 0 Å². The molecule has 1 aliphatic rings. The van der Waals surface area contributed by atoms with Crippen molar-refractivity contribution in [3.8, 4) is 0 Å². The van der Waals surface area contributed by atoms with Crippen molar-refractivity contribution in [1.82, 2.24) is 9.78 Å². The summed E-state index contributed by atoms with van der Waals surface area (Å²) in [5.41, 5.74) is 1.32. The summed E-state index contributed by atoms with van der Waals surface area (Å²) in [4.78, 5) is 0. The summed E-state index contributed by atoms with van der Waals surface area (Å²) in [6.07, 6.45) is 8.82. The number of ether oxygens (including phenoxy) is 1. The monoisotopic (exact) mass is 180 g/mol. The Hall–Kier alpha value is -0.830. The zero-order valence-electron chi connectivity index (χ0n) is 8.07. The van der Waals surface area contributed by atoms with Crippen LogP contribution in [0.15, 0.2) is 12.4 Å². The lowest BCUT2D eigenvalue weighted by atomic mass is 10.2. The molecule has 2 heterocycles. The average molecular weight is 180 g/mol. The minimum Gasteiger partial charge on any atom is -0.357 e. The van der Waals surface area contributed by atoms with Crippen molar-refractivity contribution in [2.75, 3.05) is 6.61 Å². The molecule has 0 radical (unpaired) electrons. The van der Waals surface area contributed by atoms with E-state index in [2.05, 4.69) is 18.2 Å². The van der Waals surface area contributed by atoms with Gasteiger partial charge in [-0.1, -0.05) is 13.3 Å². The molecular formula is C10H16N2O. The molecule has 1 aliphatic heterocycles. The molecule has 1 unspecified atom stereocenters. The maximum absolute atomic E-state index is 5.53. The van der Waals surface area contributed by atoms with Crippen molar-refractivity contribution in [3.63, 3.8) is 0 Å². The van der Waals surface area contributed by atoms with Crippen LogP contribution in [-0.4, -0.2) is 16.4 Å². The first-order valence-electron chi connectivity index (χ1n) is 5.05. The van der Waals surface area contributed by atoms with Gasteiger partial charge in [-0.25, -0.2) is 4.68 Å². The van der Waals surface area contributed by atoms with E-state index in [1.165, 1.54) is 12.0 Å². The third kappa shape index (κ3) is 1.91. The van der Waals surface area contributed by atoms with Gasteiger partial charge in [0.1, 0.15) is 6.23 Å². The normalized spacial score (nSPS) is 22.4. The van der Waals surface area contributed by atoms with Gasteiger partial charge < -0.3 is 4.74 Å². The summed E-state index contributed by atoms with van der Waals surface area (Å²) in [7, 11) is 0. The summed E-state index contributed by atoms with van der Waals surface area (Å²) in [6, 6.07) is 0. The summed E-state index contributed by atoms with van der Waals surface area (Å²) < 4.78 is 7.49. The lowest BCUT2D eigenvalue weighted by molar-refractivity contribution is 0.0467. The number of hydrogen-bond donors (Lipinski definition) is 0. The molecule has 1 saturated heterocycles. The van der Waals surface area contributed by atoms with Crippen LogP contribution in [-0.2, 0) is 11.2 Å². The molecule has 0 aliphatic carbocycles. The molecule has 72 valence electrons. The van der Waals surface area contributed by atoms with Crippen molar-refractivity contribution >= 4 is 0 Å². The Labute approximate surface area is 78.7 Å². The van der Waals surface area contributed by atoms with E-state index in [1.54, 1.807) is 0 Å². The van der Waals surface area contributed by atoms with Crippen LogP contribution in [0, 0.1) is 0 Å².